The largest absolute Gasteiger partial charge is 0.381 e. The van der Waals surface area contributed by atoms with Gasteiger partial charge in [0.15, 0.2) is 0 Å². The molecule has 0 radical (unpaired) electrons. The second-order valence-electron chi connectivity index (χ2n) is 5.54. The van der Waals surface area contributed by atoms with E-state index >= 15 is 0 Å². The average Bonchev–Trinajstić information content (AvgIpc) is 2.52. The van der Waals surface area contributed by atoms with Crippen LogP contribution in [-0.4, -0.2) is 32.2 Å². The van der Waals surface area contributed by atoms with Crippen LogP contribution in [0.25, 0.3) is 0 Å². The summed E-state index contributed by atoms with van der Waals surface area (Å²) in [5.74, 6) is 0.0540. The minimum Gasteiger partial charge on any atom is -0.381 e. The number of benzene rings is 1. The van der Waals surface area contributed by atoms with Crippen LogP contribution in [0.1, 0.15) is 31.2 Å². The zero-order chi connectivity index (χ0) is 15.1. The number of hydrogen-bond acceptors (Lipinski definition) is 3. The van der Waals surface area contributed by atoms with Gasteiger partial charge in [-0.15, -0.1) is 0 Å². The Hall–Kier alpha value is -1.10. The van der Waals surface area contributed by atoms with Crippen molar-refractivity contribution >= 4 is 17.5 Å². The van der Waals surface area contributed by atoms with Crippen LogP contribution < -0.4 is 11.1 Å². The van der Waals surface area contributed by atoms with E-state index in [1.165, 1.54) is 0 Å². The number of nitrogens with one attached hydrogen (secondary N) is 1. The minimum absolute atomic E-state index is 0.0540. The monoisotopic (exact) mass is 310 g/mol. The maximum atomic E-state index is 11.9. The van der Waals surface area contributed by atoms with Crippen molar-refractivity contribution in [3.05, 3.63) is 34.9 Å². The summed E-state index contributed by atoms with van der Waals surface area (Å²) in [6, 6.07) is 7.89. The molecule has 1 saturated heterocycles. The van der Waals surface area contributed by atoms with Gasteiger partial charge in [0.1, 0.15) is 0 Å². The molecule has 21 heavy (non-hydrogen) atoms. The summed E-state index contributed by atoms with van der Waals surface area (Å²) in [5, 5.41) is 3.80. The summed E-state index contributed by atoms with van der Waals surface area (Å²) in [6.45, 7) is 2.54. The first-order valence-corrected chi connectivity index (χ1v) is 7.85. The van der Waals surface area contributed by atoms with Gasteiger partial charge in [0.05, 0.1) is 0 Å². The van der Waals surface area contributed by atoms with E-state index in [0.29, 0.717) is 39.1 Å². The Balaban J connectivity index is 2.11. The number of rotatable bonds is 6. The predicted molar refractivity (Wildman–Crippen MR) is 84.5 cm³/mol. The summed E-state index contributed by atoms with van der Waals surface area (Å²) in [6.07, 6.45) is 2.93. The molecule has 0 atom stereocenters. The summed E-state index contributed by atoms with van der Waals surface area (Å²) >= 11 is 6.38. The number of halogens is 1. The van der Waals surface area contributed by atoms with Crippen LogP contribution in [0.2, 0.25) is 5.02 Å². The molecule has 1 aliphatic rings. The molecule has 1 amide bonds. The third-order valence-corrected chi connectivity index (χ3v) is 4.46. The molecule has 1 aromatic carbocycles. The highest BCUT2D eigenvalue weighted by Gasteiger charge is 2.36. The van der Waals surface area contributed by atoms with Gasteiger partial charge in [-0.05, 0) is 37.4 Å². The number of carbonyl (C=O) groups is 1. The zero-order valence-corrected chi connectivity index (χ0v) is 13.0. The lowest BCUT2D eigenvalue weighted by Crippen LogP contribution is -2.44. The Morgan fingerprint density at radius 3 is 2.71 bits per heavy atom. The third kappa shape index (κ3) is 4.19. The predicted octanol–water partition coefficient (Wildman–Crippen LogP) is 2.24. The fraction of sp³-hybridized carbons (Fsp3) is 0.562. The molecule has 2 rings (SSSR count). The van der Waals surface area contributed by atoms with Crippen molar-refractivity contribution < 1.29 is 9.53 Å². The van der Waals surface area contributed by atoms with Crippen LogP contribution >= 0.6 is 11.6 Å². The van der Waals surface area contributed by atoms with Crippen molar-refractivity contribution in [2.45, 2.75) is 31.1 Å². The first kappa shape index (κ1) is 16.3. The van der Waals surface area contributed by atoms with Gasteiger partial charge in [-0.3, -0.25) is 4.79 Å². The highest BCUT2D eigenvalue weighted by molar-refractivity contribution is 6.31. The van der Waals surface area contributed by atoms with Crippen LogP contribution in [0.5, 0.6) is 0 Å². The number of ether oxygens (including phenoxy) is 1. The van der Waals surface area contributed by atoms with E-state index in [2.05, 4.69) is 11.4 Å². The Morgan fingerprint density at radius 2 is 2.05 bits per heavy atom. The molecule has 0 aliphatic carbocycles. The SMILES string of the molecule is NCCCC(=O)NCC1(c2ccccc2Cl)CCOCC1. The van der Waals surface area contributed by atoms with E-state index in [9.17, 15) is 4.79 Å². The third-order valence-electron chi connectivity index (χ3n) is 4.13. The zero-order valence-electron chi connectivity index (χ0n) is 12.2. The maximum absolute atomic E-state index is 11.9. The standard InChI is InChI=1S/C16H23ClN2O2/c17-14-5-2-1-4-13(14)16(7-10-21-11-8-16)12-19-15(20)6-3-9-18/h1-2,4-5H,3,6-12,18H2,(H,19,20). The lowest BCUT2D eigenvalue weighted by Gasteiger charge is -2.38. The molecule has 116 valence electrons. The van der Waals surface area contributed by atoms with E-state index in [0.717, 1.165) is 23.4 Å². The Labute approximate surface area is 131 Å². The molecule has 0 spiro atoms. The summed E-state index contributed by atoms with van der Waals surface area (Å²) in [7, 11) is 0. The van der Waals surface area contributed by atoms with E-state index in [1.807, 2.05) is 18.2 Å². The molecule has 1 fully saturated rings. The Bertz CT molecular complexity index is 473. The van der Waals surface area contributed by atoms with E-state index in [1.54, 1.807) is 0 Å². The number of amides is 1. The van der Waals surface area contributed by atoms with Crippen molar-refractivity contribution in [3.8, 4) is 0 Å². The van der Waals surface area contributed by atoms with Crippen LogP contribution in [0.3, 0.4) is 0 Å². The molecule has 1 heterocycles. The van der Waals surface area contributed by atoms with Gasteiger partial charge >= 0.3 is 0 Å². The number of carbonyl (C=O) groups excluding carboxylic acids is 1. The summed E-state index contributed by atoms with van der Waals surface area (Å²) < 4.78 is 5.49. The number of hydrogen-bond donors (Lipinski definition) is 2. The van der Waals surface area contributed by atoms with Gasteiger partial charge in [-0.2, -0.15) is 0 Å². The molecular formula is C16H23ClN2O2. The molecular weight excluding hydrogens is 288 g/mol. The van der Waals surface area contributed by atoms with Crippen molar-refractivity contribution in [1.82, 2.24) is 5.32 Å². The number of nitrogens with two attached hydrogens (primary N) is 1. The van der Waals surface area contributed by atoms with E-state index in [-0.39, 0.29) is 11.3 Å². The Kier molecular flexibility index (Phi) is 6.03. The normalized spacial score (nSPS) is 17.4. The van der Waals surface area contributed by atoms with Crippen LogP contribution in [0, 0.1) is 0 Å². The minimum atomic E-state index is -0.130. The molecule has 0 aromatic heterocycles. The second kappa shape index (κ2) is 7.78. The molecule has 1 aromatic rings. The van der Waals surface area contributed by atoms with Crippen LogP contribution in [0.15, 0.2) is 24.3 Å². The van der Waals surface area contributed by atoms with Crippen LogP contribution in [-0.2, 0) is 14.9 Å². The second-order valence-corrected chi connectivity index (χ2v) is 5.95. The quantitative estimate of drug-likeness (QED) is 0.847. The van der Waals surface area contributed by atoms with E-state index < -0.39 is 0 Å². The highest BCUT2D eigenvalue weighted by Crippen LogP contribution is 2.38. The topological polar surface area (TPSA) is 64.4 Å². The van der Waals surface area contributed by atoms with E-state index in [4.69, 9.17) is 22.1 Å². The first-order valence-electron chi connectivity index (χ1n) is 7.47. The van der Waals surface area contributed by atoms with Crippen molar-refractivity contribution in [3.63, 3.8) is 0 Å². The molecule has 0 saturated carbocycles. The lowest BCUT2D eigenvalue weighted by molar-refractivity contribution is -0.121. The van der Waals surface area contributed by atoms with Gasteiger partial charge in [0, 0.05) is 36.6 Å². The van der Waals surface area contributed by atoms with Crippen molar-refractivity contribution in [2.24, 2.45) is 5.73 Å². The van der Waals surface area contributed by atoms with Gasteiger partial charge in [0.2, 0.25) is 5.91 Å². The van der Waals surface area contributed by atoms with Gasteiger partial charge < -0.3 is 15.8 Å². The molecule has 5 heteroatoms. The molecule has 1 aliphatic heterocycles. The average molecular weight is 311 g/mol. The lowest BCUT2D eigenvalue weighted by atomic mass is 9.74. The summed E-state index contributed by atoms with van der Waals surface area (Å²) in [4.78, 5) is 11.9. The molecule has 3 N–H and O–H groups in total. The summed E-state index contributed by atoms with van der Waals surface area (Å²) in [5.41, 5.74) is 6.41. The highest BCUT2D eigenvalue weighted by atomic mass is 35.5. The maximum Gasteiger partial charge on any atom is 0.220 e. The van der Waals surface area contributed by atoms with Gasteiger partial charge in [0.25, 0.3) is 0 Å². The van der Waals surface area contributed by atoms with Crippen molar-refractivity contribution in [2.75, 3.05) is 26.3 Å². The van der Waals surface area contributed by atoms with Gasteiger partial charge in [-0.25, -0.2) is 0 Å². The fourth-order valence-electron chi connectivity index (χ4n) is 2.81. The first-order chi connectivity index (χ1) is 10.2. The Morgan fingerprint density at radius 1 is 1.33 bits per heavy atom. The van der Waals surface area contributed by atoms with Crippen LogP contribution in [0.4, 0.5) is 0 Å². The van der Waals surface area contributed by atoms with Gasteiger partial charge in [-0.1, -0.05) is 29.8 Å². The molecule has 0 unspecified atom stereocenters. The van der Waals surface area contributed by atoms with Crippen molar-refractivity contribution in [1.29, 1.82) is 0 Å². The molecule has 4 nitrogen and oxygen atoms in total. The fourth-order valence-corrected chi connectivity index (χ4v) is 3.15. The molecule has 0 bridgehead atoms. The smallest absolute Gasteiger partial charge is 0.220 e.